The van der Waals surface area contributed by atoms with Crippen molar-refractivity contribution in [3.8, 4) is 0 Å². The van der Waals surface area contributed by atoms with Crippen molar-refractivity contribution in [3.63, 3.8) is 0 Å². The van der Waals surface area contributed by atoms with Crippen LogP contribution in [0.5, 0.6) is 0 Å². The smallest absolute Gasteiger partial charge is 0.208 e. The van der Waals surface area contributed by atoms with Crippen molar-refractivity contribution in [1.82, 2.24) is 4.57 Å². The summed E-state index contributed by atoms with van der Waals surface area (Å²) in [6.07, 6.45) is 2.74. The summed E-state index contributed by atoms with van der Waals surface area (Å²) < 4.78 is 8.09. The van der Waals surface area contributed by atoms with Gasteiger partial charge in [0.1, 0.15) is 6.61 Å². The zero-order valence-electron chi connectivity index (χ0n) is 17.8. The molecule has 0 fully saturated rings. The van der Waals surface area contributed by atoms with Crippen LogP contribution in [0.4, 0.5) is 5.69 Å². The number of benzene rings is 2. The first-order valence-corrected chi connectivity index (χ1v) is 9.77. The number of ether oxygens (including phenoxy) is 1. The maximum atomic E-state index is 5.98. The van der Waals surface area contributed by atoms with Gasteiger partial charge in [-0.3, -0.25) is 0 Å². The minimum Gasteiger partial charge on any atom is -0.475 e. The molecule has 6 heteroatoms. The highest BCUT2D eigenvalue weighted by Gasteiger charge is 2.11. The Labute approximate surface area is 172 Å². The van der Waals surface area contributed by atoms with Crippen molar-refractivity contribution in [1.29, 1.82) is 0 Å². The van der Waals surface area contributed by atoms with E-state index in [0.29, 0.717) is 18.9 Å². The van der Waals surface area contributed by atoms with Crippen LogP contribution in [-0.2, 0) is 18.4 Å². The normalized spacial score (nSPS) is 12.5. The number of hydrogen-bond acceptors (Lipinski definition) is 5. The van der Waals surface area contributed by atoms with Crippen LogP contribution < -0.4 is 10.9 Å². The summed E-state index contributed by atoms with van der Waals surface area (Å²) in [5.74, 6) is 6.55. The van der Waals surface area contributed by atoms with Gasteiger partial charge in [0, 0.05) is 48.7 Å². The number of fused-ring (bicyclic) bond motifs is 1. The monoisotopic (exact) mass is 391 g/mol. The molecule has 1 aromatic heterocycles. The Morgan fingerprint density at radius 1 is 1.14 bits per heavy atom. The van der Waals surface area contributed by atoms with E-state index >= 15 is 0 Å². The molecule has 3 aromatic rings. The molecule has 0 aliphatic heterocycles. The van der Waals surface area contributed by atoms with Gasteiger partial charge in [-0.15, -0.1) is 5.10 Å². The molecule has 0 aliphatic rings. The number of para-hydroxylation sites is 1. The zero-order valence-corrected chi connectivity index (χ0v) is 17.8. The molecule has 0 radical (unpaired) electrons. The van der Waals surface area contributed by atoms with Crippen molar-refractivity contribution in [2.45, 2.75) is 33.8 Å². The van der Waals surface area contributed by atoms with Gasteiger partial charge in [-0.1, -0.05) is 37.3 Å². The van der Waals surface area contributed by atoms with Crippen molar-refractivity contribution < 1.29 is 4.74 Å². The molecule has 6 nitrogen and oxygen atoms in total. The summed E-state index contributed by atoms with van der Waals surface area (Å²) in [7, 11) is 3.86. The molecule has 29 heavy (non-hydrogen) atoms. The van der Waals surface area contributed by atoms with E-state index in [2.05, 4.69) is 46.1 Å². The standard InChI is InChI=1S/C23H29N5O/c1-6-23(29-15-20-16(2)10-9-13-22(20)28(5)24)26-25-17(3)19-14-27(4)21-12-8-7-11-18(19)21/h7-14H,6,15,24H2,1-5H3. The third kappa shape index (κ3) is 4.49. The topological polar surface area (TPSA) is 68.1 Å². The predicted molar refractivity (Wildman–Crippen MR) is 121 cm³/mol. The average molecular weight is 392 g/mol. The number of hydrogen-bond donors (Lipinski definition) is 1. The number of nitrogens with two attached hydrogens (primary N) is 1. The molecule has 0 bridgehead atoms. The van der Waals surface area contributed by atoms with E-state index in [-0.39, 0.29) is 0 Å². The van der Waals surface area contributed by atoms with Crippen LogP contribution >= 0.6 is 0 Å². The van der Waals surface area contributed by atoms with E-state index in [1.165, 1.54) is 10.9 Å². The minimum atomic E-state index is 0.402. The van der Waals surface area contributed by atoms with E-state index in [9.17, 15) is 0 Å². The van der Waals surface area contributed by atoms with E-state index in [1.807, 2.05) is 52.2 Å². The molecule has 0 atom stereocenters. The minimum absolute atomic E-state index is 0.402. The van der Waals surface area contributed by atoms with Gasteiger partial charge in [0.15, 0.2) is 0 Å². The van der Waals surface area contributed by atoms with Crippen LogP contribution in [-0.4, -0.2) is 23.2 Å². The number of rotatable bonds is 6. The largest absolute Gasteiger partial charge is 0.475 e. The van der Waals surface area contributed by atoms with E-state index in [1.54, 1.807) is 5.01 Å². The molecule has 1 heterocycles. The Bertz CT molecular complexity index is 1060. The van der Waals surface area contributed by atoms with Crippen molar-refractivity contribution in [2.24, 2.45) is 23.1 Å². The van der Waals surface area contributed by atoms with Crippen LogP contribution in [0.2, 0.25) is 0 Å². The second-order valence-corrected chi connectivity index (χ2v) is 7.18. The van der Waals surface area contributed by atoms with Gasteiger partial charge in [-0.25, -0.2) is 5.84 Å². The molecule has 0 amide bonds. The summed E-state index contributed by atoms with van der Waals surface area (Å²) in [5.41, 5.74) is 6.23. The first-order chi connectivity index (χ1) is 13.9. The Balaban J connectivity index is 1.82. The van der Waals surface area contributed by atoms with Gasteiger partial charge >= 0.3 is 0 Å². The molecule has 2 aromatic carbocycles. The van der Waals surface area contributed by atoms with Crippen LogP contribution in [0.15, 0.2) is 58.9 Å². The molecule has 0 unspecified atom stereocenters. The van der Waals surface area contributed by atoms with Crippen LogP contribution in [0.3, 0.4) is 0 Å². The molecule has 0 aliphatic carbocycles. The molecular weight excluding hydrogens is 362 g/mol. The molecule has 0 spiro atoms. The number of nitrogens with zero attached hydrogens (tertiary/aromatic N) is 4. The highest BCUT2D eigenvalue weighted by atomic mass is 16.5. The first-order valence-electron chi connectivity index (χ1n) is 9.77. The van der Waals surface area contributed by atoms with E-state index < -0.39 is 0 Å². The van der Waals surface area contributed by atoms with Crippen molar-refractivity contribution in [3.05, 3.63) is 65.4 Å². The number of aromatic nitrogens is 1. The zero-order chi connectivity index (χ0) is 21.0. The maximum absolute atomic E-state index is 5.98. The Kier molecular flexibility index (Phi) is 6.34. The third-order valence-corrected chi connectivity index (χ3v) is 5.05. The van der Waals surface area contributed by atoms with Gasteiger partial charge in [0.25, 0.3) is 0 Å². The lowest BCUT2D eigenvalue weighted by atomic mass is 10.1. The Hall–Kier alpha value is -3.12. The number of aryl methyl sites for hydroxylation is 2. The van der Waals surface area contributed by atoms with Gasteiger partial charge in [-0.05, 0) is 31.5 Å². The van der Waals surface area contributed by atoms with Crippen molar-refractivity contribution >= 4 is 28.2 Å². The predicted octanol–water partition coefficient (Wildman–Crippen LogP) is 4.55. The van der Waals surface area contributed by atoms with Gasteiger partial charge in [0.2, 0.25) is 5.90 Å². The fraction of sp³-hybridized carbons (Fsp3) is 0.304. The van der Waals surface area contributed by atoms with E-state index in [4.69, 9.17) is 10.6 Å². The van der Waals surface area contributed by atoms with Gasteiger partial charge in [0.05, 0.1) is 11.4 Å². The molecule has 0 saturated heterocycles. The van der Waals surface area contributed by atoms with Crippen molar-refractivity contribution in [2.75, 3.05) is 12.1 Å². The molecular formula is C23H29N5O. The third-order valence-electron chi connectivity index (χ3n) is 5.05. The van der Waals surface area contributed by atoms with Crippen LogP contribution in [0.1, 0.15) is 37.0 Å². The number of hydrazine groups is 1. The second kappa shape index (κ2) is 8.92. The fourth-order valence-corrected chi connectivity index (χ4v) is 3.38. The van der Waals surface area contributed by atoms with Gasteiger partial charge < -0.3 is 14.3 Å². The Morgan fingerprint density at radius 3 is 2.62 bits per heavy atom. The fourth-order valence-electron chi connectivity index (χ4n) is 3.38. The summed E-state index contributed by atoms with van der Waals surface area (Å²) in [6.45, 7) is 6.44. The quantitative estimate of drug-likeness (QED) is 0.290. The lowest BCUT2D eigenvalue weighted by molar-refractivity contribution is 0.283. The first kappa shape index (κ1) is 20.6. The maximum Gasteiger partial charge on any atom is 0.208 e. The SMILES string of the molecule is CCC(=NN=C(C)c1cn(C)c2ccccc12)OCc1c(C)cccc1N(C)N. The molecule has 2 N–H and O–H groups in total. The Morgan fingerprint density at radius 2 is 1.90 bits per heavy atom. The average Bonchev–Trinajstić information content (AvgIpc) is 3.05. The lowest BCUT2D eigenvalue weighted by Gasteiger charge is -2.19. The van der Waals surface area contributed by atoms with E-state index in [0.717, 1.165) is 28.1 Å². The van der Waals surface area contributed by atoms with Crippen LogP contribution in [0.25, 0.3) is 10.9 Å². The highest BCUT2D eigenvalue weighted by molar-refractivity contribution is 6.09. The van der Waals surface area contributed by atoms with Gasteiger partial charge in [-0.2, -0.15) is 5.10 Å². The highest BCUT2D eigenvalue weighted by Crippen LogP contribution is 2.23. The molecule has 0 saturated carbocycles. The lowest BCUT2D eigenvalue weighted by Crippen LogP contribution is -2.26. The summed E-state index contributed by atoms with van der Waals surface area (Å²) in [4.78, 5) is 0. The molecule has 3 rings (SSSR count). The van der Waals surface area contributed by atoms with Crippen LogP contribution in [0, 0.1) is 6.92 Å². The summed E-state index contributed by atoms with van der Waals surface area (Å²) in [5, 5.41) is 11.6. The summed E-state index contributed by atoms with van der Waals surface area (Å²) >= 11 is 0. The molecule has 152 valence electrons. The number of anilines is 1. The second-order valence-electron chi connectivity index (χ2n) is 7.18. The summed E-state index contributed by atoms with van der Waals surface area (Å²) in [6, 6.07) is 14.3.